The fourth-order valence-corrected chi connectivity index (χ4v) is 1.17. The summed E-state index contributed by atoms with van der Waals surface area (Å²) in [6.07, 6.45) is 0.393. The van der Waals surface area contributed by atoms with Gasteiger partial charge in [0.25, 0.3) is 0 Å². The van der Waals surface area contributed by atoms with Gasteiger partial charge in [-0.3, -0.25) is 4.79 Å². The second kappa shape index (κ2) is 6.14. The predicted octanol–water partition coefficient (Wildman–Crippen LogP) is 1.76. The Morgan fingerprint density at radius 3 is 2.93 bits per heavy atom. The molecule has 0 aliphatic carbocycles. The molecule has 3 nitrogen and oxygen atoms in total. The molecule has 0 saturated carbocycles. The number of rotatable bonds is 5. The van der Waals surface area contributed by atoms with Crippen molar-refractivity contribution < 1.29 is 9.18 Å². The van der Waals surface area contributed by atoms with E-state index in [0.717, 1.165) is 6.54 Å². The Kier molecular flexibility index (Phi) is 4.77. The van der Waals surface area contributed by atoms with Gasteiger partial charge in [-0.15, -0.1) is 0 Å². The van der Waals surface area contributed by atoms with Crippen molar-refractivity contribution in [1.29, 1.82) is 0 Å². The SMILES string of the molecule is CCNCCC(=O)Nc1cccc(F)c1. The van der Waals surface area contributed by atoms with Gasteiger partial charge in [-0.2, -0.15) is 0 Å². The van der Waals surface area contributed by atoms with Crippen molar-refractivity contribution in [2.45, 2.75) is 13.3 Å². The average Bonchev–Trinajstić information content (AvgIpc) is 2.18. The van der Waals surface area contributed by atoms with Crippen LogP contribution in [0, 0.1) is 5.82 Å². The zero-order chi connectivity index (χ0) is 11.1. The number of benzene rings is 1. The first kappa shape index (κ1) is 11.7. The molecule has 15 heavy (non-hydrogen) atoms. The Morgan fingerprint density at radius 1 is 1.47 bits per heavy atom. The Hall–Kier alpha value is -1.42. The van der Waals surface area contributed by atoms with E-state index in [-0.39, 0.29) is 11.7 Å². The highest BCUT2D eigenvalue weighted by Gasteiger charge is 2.01. The largest absolute Gasteiger partial charge is 0.326 e. The standard InChI is InChI=1S/C11H15FN2O/c1-2-13-7-6-11(15)14-10-5-3-4-9(12)8-10/h3-5,8,13H,2,6-7H2,1H3,(H,14,15). The summed E-state index contributed by atoms with van der Waals surface area (Å²) < 4.78 is 12.8. The van der Waals surface area contributed by atoms with Crippen molar-refractivity contribution in [3.63, 3.8) is 0 Å². The zero-order valence-electron chi connectivity index (χ0n) is 8.72. The Balaban J connectivity index is 2.37. The highest BCUT2D eigenvalue weighted by Crippen LogP contribution is 2.08. The van der Waals surface area contributed by atoms with E-state index in [2.05, 4.69) is 10.6 Å². The van der Waals surface area contributed by atoms with Crippen LogP contribution in [0.4, 0.5) is 10.1 Å². The van der Waals surface area contributed by atoms with Gasteiger partial charge in [-0.1, -0.05) is 13.0 Å². The lowest BCUT2D eigenvalue weighted by Gasteiger charge is -2.05. The summed E-state index contributed by atoms with van der Waals surface area (Å²) in [5, 5.41) is 5.66. The molecule has 2 N–H and O–H groups in total. The maximum atomic E-state index is 12.8. The molecule has 0 heterocycles. The van der Waals surface area contributed by atoms with Crippen molar-refractivity contribution in [3.05, 3.63) is 30.1 Å². The molecule has 1 rings (SSSR count). The molecular formula is C11H15FN2O. The Bertz CT molecular complexity index is 328. The summed E-state index contributed by atoms with van der Waals surface area (Å²) in [6, 6.07) is 5.86. The molecule has 0 atom stereocenters. The van der Waals surface area contributed by atoms with Crippen molar-refractivity contribution >= 4 is 11.6 Å². The number of nitrogens with one attached hydrogen (secondary N) is 2. The van der Waals surface area contributed by atoms with Gasteiger partial charge in [0, 0.05) is 18.7 Å². The van der Waals surface area contributed by atoms with Crippen LogP contribution in [0.3, 0.4) is 0 Å². The molecule has 82 valence electrons. The average molecular weight is 210 g/mol. The molecule has 0 aliphatic rings. The van der Waals surface area contributed by atoms with Crippen molar-refractivity contribution in [2.75, 3.05) is 18.4 Å². The van der Waals surface area contributed by atoms with Crippen molar-refractivity contribution in [3.8, 4) is 0 Å². The third-order valence-electron chi connectivity index (χ3n) is 1.89. The van der Waals surface area contributed by atoms with E-state index in [0.29, 0.717) is 18.7 Å². The van der Waals surface area contributed by atoms with Crippen LogP contribution in [-0.2, 0) is 4.79 Å². The number of halogens is 1. The van der Waals surface area contributed by atoms with E-state index in [1.165, 1.54) is 12.1 Å². The summed E-state index contributed by atoms with van der Waals surface area (Å²) in [7, 11) is 0. The maximum absolute atomic E-state index is 12.8. The number of carbonyl (C=O) groups is 1. The van der Waals surface area contributed by atoms with E-state index in [1.54, 1.807) is 12.1 Å². The van der Waals surface area contributed by atoms with E-state index >= 15 is 0 Å². The quantitative estimate of drug-likeness (QED) is 0.727. The van der Waals surface area contributed by atoms with Gasteiger partial charge in [0.05, 0.1) is 0 Å². The van der Waals surface area contributed by atoms with E-state index in [9.17, 15) is 9.18 Å². The van der Waals surface area contributed by atoms with Crippen LogP contribution in [0.5, 0.6) is 0 Å². The van der Waals surface area contributed by atoms with E-state index in [1.807, 2.05) is 6.92 Å². The van der Waals surface area contributed by atoms with Crippen molar-refractivity contribution in [1.82, 2.24) is 5.32 Å². The molecule has 0 aliphatic heterocycles. The first-order chi connectivity index (χ1) is 7.22. The molecule has 0 fully saturated rings. The lowest BCUT2D eigenvalue weighted by atomic mass is 10.3. The molecule has 1 aromatic carbocycles. The topological polar surface area (TPSA) is 41.1 Å². The fraction of sp³-hybridized carbons (Fsp3) is 0.364. The smallest absolute Gasteiger partial charge is 0.225 e. The minimum absolute atomic E-state index is 0.110. The van der Waals surface area contributed by atoms with Gasteiger partial charge >= 0.3 is 0 Å². The third-order valence-corrected chi connectivity index (χ3v) is 1.89. The third kappa shape index (κ3) is 4.56. The van der Waals surface area contributed by atoms with E-state index < -0.39 is 0 Å². The maximum Gasteiger partial charge on any atom is 0.225 e. The molecule has 0 aromatic heterocycles. The van der Waals surface area contributed by atoms with Crippen LogP contribution in [0.1, 0.15) is 13.3 Å². The molecule has 0 bridgehead atoms. The van der Waals surface area contributed by atoms with Crippen LogP contribution in [0.2, 0.25) is 0 Å². The lowest BCUT2D eigenvalue weighted by Crippen LogP contribution is -2.21. The van der Waals surface area contributed by atoms with Gasteiger partial charge in [-0.05, 0) is 24.7 Å². The van der Waals surface area contributed by atoms with Gasteiger partial charge < -0.3 is 10.6 Å². The lowest BCUT2D eigenvalue weighted by molar-refractivity contribution is -0.116. The summed E-state index contributed by atoms with van der Waals surface area (Å²) >= 11 is 0. The molecule has 0 saturated heterocycles. The highest BCUT2D eigenvalue weighted by molar-refractivity contribution is 5.90. The number of carbonyl (C=O) groups excluding carboxylic acids is 1. The predicted molar refractivity (Wildman–Crippen MR) is 58.2 cm³/mol. The second-order valence-corrected chi connectivity index (χ2v) is 3.16. The fourth-order valence-electron chi connectivity index (χ4n) is 1.17. The number of amides is 1. The summed E-state index contributed by atoms with van der Waals surface area (Å²) in [4.78, 5) is 11.3. The molecule has 1 aromatic rings. The molecule has 1 amide bonds. The van der Waals surface area contributed by atoms with Gasteiger partial charge in [0.2, 0.25) is 5.91 Å². The molecule has 0 radical (unpaired) electrons. The second-order valence-electron chi connectivity index (χ2n) is 3.16. The van der Waals surface area contributed by atoms with Crippen LogP contribution >= 0.6 is 0 Å². The Labute approximate surface area is 88.7 Å². The van der Waals surface area contributed by atoms with Gasteiger partial charge in [-0.25, -0.2) is 4.39 Å². The normalized spacial score (nSPS) is 10.0. The van der Waals surface area contributed by atoms with Gasteiger partial charge in [0.15, 0.2) is 0 Å². The van der Waals surface area contributed by atoms with Crippen LogP contribution < -0.4 is 10.6 Å². The van der Waals surface area contributed by atoms with Crippen molar-refractivity contribution in [2.24, 2.45) is 0 Å². The first-order valence-corrected chi connectivity index (χ1v) is 4.98. The molecular weight excluding hydrogens is 195 g/mol. The van der Waals surface area contributed by atoms with E-state index in [4.69, 9.17) is 0 Å². The van der Waals surface area contributed by atoms with Crippen LogP contribution in [-0.4, -0.2) is 19.0 Å². The molecule has 0 spiro atoms. The van der Waals surface area contributed by atoms with Gasteiger partial charge in [0.1, 0.15) is 5.82 Å². The first-order valence-electron chi connectivity index (χ1n) is 4.98. The highest BCUT2D eigenvalue weighted by atomic mass is 19.1. The van der Waals surface area contributed by atoms with Crippen LogP contribution in [0.15, 0.2) is 24.3 Å². The Morgan fingerprint density at radius 2 is 2.27 bits per heavy atom. The molecule has 0 unspecified atom stereocenters. The van der Waals surface area contributed by atoms with Crippen LogP contribution in [0.25, 0.3) is 0 Å². The monoisotopic (exact) mass is 210 g/mol. The molecule has 4 heteroatoms. The number of hydrogen-bond donors (Lipinski definition) is 2. The zero-order valence-corrected chi connectivity index (χ0v) is 8.72. The minimum atomic E-state index is -0.348. The summed E-state index contributed by atoms with van der Waals surface area (Å²) in [5.41, 5.74) is 0.497. The number of anilines is 1. The minimum Gasteiger partial charge on any atom is -0.326 e. The summed E-state index contributed by atoms with van der Waals surface area (Å²) in [5.74, 6) is -0.457. The summed E-state index contributed by atoms with van der Waals surface area (Å²) in [6.45, 7) is 3.45. The number of hydrogen-bond acceptors (Lipinski definition) is 2.